The van der Waals surface area contributed by atoms with Crippen molar-refractivity contribution in [3.63, 3.8) is 0 Å². The monoisotopic (exact) mass is 453 g/mol. The van der Waals surface area contributed by atoms with Crippen molar-refractivity contribution in [2.24, 2.45) is 11.8 Å². The average molecular weight is 454 g/mol. The van der Waals surface area contributed by atoms with Crippen LogP contribution in [0, 0.1) is 5.92 Å². The van der Waals surface area contributed by atoms with Gasteiger partial charge in [-0.1, -0.05) is 43.7 Å². The molecule has 0 saturated carbocycles. The Morgan fingerprint density at radius 1 is 1.00 bits per heavy atom. The first-order chi connectivity index (χ1) is 14.8. The smallest absolute Gasteiger partial charge is 0.307 e. The number of aliphatic carboxylic acids is 1. The Labute approximate surface area is 183 Å². The second kappa shape index (κ2) is 12.9. The molecule has 9 heteroatoms. The van der Waals surface area contributed by atoms with E-state index in [0.29, 0.717) is 17.9 Å². The summed E-state index contributed by atoms with van der Waals surface area (Å²) in [7, 11) is -0.972. The third-order valence-electron chi connectivity index (χ3n) is 5.08. The van der Waals surface area contributed by atoms with Crippen LogP contribution in [0.5, 0.6) is 11.5 Å². The summed E-state index contributed by atoms with van der Waals surface area (Å²) in [6.07, 6.45) is 2.50. The highest BCUT2D eigenvalue weighted by atomic mass is 32.2. The molecule has 0 aliphatic carbocycles. The van der Waals surface area contributed by atoms with Gasteiger partial charge in [-0.3, -0.25) is 4.79 Å². The van der Waals surface area contributed by atoms with Gasteiger partial charge in [-0.15, -0.1) is 0 Å². The number of aryl methyl sites for hydroxylation is 1. The van der Waals surface area contributed by atoms with Crippen LogP contribution in [0.15, 0.2) is 53.4 Å². The standard InChI is InChI=1S/C22H28O6S.H3NO/c1-16(22(23)24)21(12-8-7-11-17-9-5-4-6-10-17)29(25,26)18-13-14-19(27-2)20(15-18)28-3;1-2/h4-6,9-10,13-16,21H,7-8,11-12H2,1-3H3,(H,23,24);2H,1H2/t16-,21-;/m1./s1. The topological polar surface area (TPSA) is 136 Å². The fourth-order valence-electron chi connectivity index (χ4n) is 3.32. The molecule has 0 bridgehead atoms. The summed E-state index contributed by atoms with van der Waals surface area (Å²) in [5, 5.41) is 15.0. The van der Waals surface area contributed by atoms with E-state index in [-0.39, 0.29) is 11.3 Å². The molecule has 2 rings (SSSR count). The van der Waals surface area contributed by atoms with E-state index in [2.05, 4.69) is 5.90 Å². The molecule has 0 radical (unpaired) electrons. The van der Waals surface area contributed by atoms with E-state index in [0.717, 1.165) is 12.8 Å². The Balaban J connectivity index is 0.00000233. The minimum atomic E-state index is -3.86. The zero-order valence-corrected chi connectivity index (χ0v) is 18.8. The van der Waals surface area contributed by atoms with Crippen LogP contribution in [-0.4, -0.2) is 44.2 Å². The number of benzene rings is 2. The molecule has 4 N–H and O–H groups in total. The predicted molar refractivity (Wildman–Crippen MR) is 117 cm³/mol. The summed E-state index contributed by atoms with van der Waals surface area (Å²) >= 11 is 0. The molecule has 0 unspecified atom stereocenters. The molecule has 0 aliphatic heterocycles. The zero-order chi connectivity index (χ0) is 23.4. The summed E-state index contributed by atoms with van der Waals surface area (Å²) in [4.78, 5) is 11.6. The van der Waals surface area contributed by atoms with Gasteiger partial charge in [0, 0.05) is 6.07 Å². The lowest BCUT2D eigenvalue weighted by Crippen LogP contribution is -2.33. The van der Waals surface area contributed by atoms with Crippen molar-refractivity contribution in [1.82, 2.24) is 0 Å². The summed E-state index contributed by atoms with van der Waals surface area (Å²) in [5.41, 5.74) is 1.18. The van der Waals surface area contributed by atoms with Crippen molar-refractivity contribution >= 4 is 15.8 Å². The first kappa shape index (κ1) is 26.4. The quantitative estimate of drug-likeness (QED) is 0.348. The number of ether oxygens (including phenoxy) is 2. The molecule has 2 atom stereocenters. The number of carboxylic acids is 1. The molecular weight excluding hydrogens is 422 g/mol. The predicted octanol–water partition coefficient (Wildman–Crippen LogP) is 3.31. The van der Waals surface area contributed by atoms with Gasteiger partial charge in [0.2, 0.25) is 0 Å². The third-order valence-corrected chi connectivity index (χ3v) is 7.43. The molecule has 0 aliphatic rings. The van der Waals surface area contributed by atoms with Gasteiger partial charge < -0.3 is 19.8 Å². The minimum absolute atomic E-state index is 0.0382. The van der Waals surface area contributed by atoms with Crippen molar-refractivity contribution in [2.75, 3.05) is 14.2 Å². The highest BCUT2D eigenvalue weighted by Gasteiger charge is 2.36. The van der Waals surface area contributed by atoms with E-state index in [9.17, 15) is 18.3 Å². The maximum absolute atomic E-state index is 13.3. The number of hydrogen-bond acceptors (Lipinski definition) is 7. The number of carbonyl (C=O) groups is 1. The van der Waals surface area contributed by atoms with Crippen LogP contribution in [0.25, 0.3) is 0 Å². The van der Waals surface area contributed by atoms with Gasteiger partial charge in [0.05, 0.1) is 30.3 Å². The Morgan fingerprint density at radius 2 is 1.61 bits per heavy atom. The van der Waals surface area contributed by atoms with E-state index >= 15 is 0 Å². The van der Waals surface area contributed by atoms with Gasteiger partial charge >= 0.3 is 5.97 Å². The molecule has 0 aromatic heterocycles. The lowest BCUT2D eigenvalue weighted by atomic mass is 10.0. The second-order valence-corrected chi connectivity index (χ2v) is 9.13. The Morgan fingerprint density at radius 3 is 2.16 bits per heavy atom. The van der Waals surface area contributed by atoms with Crippen LogP contribution in [0.4, 0.5) is 0 Å². The molecule has 31 heavy (non-hydrogen) atoms. The van der Waals surface area contributed by atoms with E-state index in [1.54, 1.807) is 0 Å². The molecule has 0 fully saturated rings. The molecule has 2 aromatic carbocycles. The van der Waals surface area contributed by atoms with Crippen LogP contribution in [-0.2, 0) is 21.1 Å². The molecular formula is C22H31NO7S. The van der Waals surface area contributed by atoms with Crippen LogP contribution in [0.1, 0.15) is 31.7 Å². The SMILES string of the molecule is COc1ccc(S(=O)(=O)[C@H](CCCCc2ccccc2)[C@@H](C)C(=O)O)cc1OC.NO. The lowest BCUT2D eigenvalue weighted by Gasteiger charge is -2.22. The molecule has 2 aromatic rings. The number of rotatable bonds is 11. The van der Waals surface area contributed by atoms with Crippen LogP contribution < -0.4 is 15.4 Å². The van der Waals surface area contributed by atoms with Crippen molar-refractivity contribution in [3.8, 4) is 11.5 Å². The van der Waals surface area contributed by atoms with Crippen molar-refractivity contribution < 1.29 is 33.0 Å². The molecule has 8 nitrogen and oxygen atoms in total. The van der Waals surface area contributed by atoms with Crippen LogP contribution >= 0.6 is 0 Å². The number of nitrogens with two attached hydrogens (primary N) is 1. The second-order valence-electron chi connectivity index (χ2n) is 6.96. The van der Waals surface area contributed by atoms with E-state index < -0.39 is 27.0 Å². The highest BCUT2D eigenvalue weighted by Crippen LogP contribution is 2.33. The lowest BCUT2D eigenvalue weighted by molar-refractivity contribution is -0.141. The van der Waals surface area contributed by atoms with Gasteiger partial charge in [0.15, 0.2) is 21.3 Å². The number of methoxy groups -OCH3 is 2. The fourth-order valence-corrected chi connectivity index (χ4v) is 5.33. The first-order valence-electron chi connectivity index (χ1n) is 9.79. The average Bonchev–Trinajstić information content (AvgIpc) is 2.79. The highest BCUT2D eigenvalue weighted by molar-refractivity contribution is 7.92. The maximum atomic E-state index is 13.3. The van der Waals surface area contributed by atoms with E-state index in [1.165, 1.54) is 44.9 Å². The normalized spacial score (nSPS) is 12.8. The zero-order valence-electron chi connectivity index (χ0n) is 18.0. The maximum Gasteiger partial charge on any atom is 0.307 e. The number of carboxylic acid groups (broad SMARTS) is 1. The summed E-state index contributed by atoms with van der Waals surface area (Å²) in [6, 6.07) is 14.3. The summed E-state index contributed by atoms with van der Waals surface area (Å²) in [6.45, 7) is 1.45. The van der Waals surface area contributed by atoms with Gasteiger partial charge in [-0.05, 0) is 37.0 Å². The molecule has 0 spiro atoms. The van der Waals surface area contributed by atoms with Crippen molar-refractivity contribution in [1.29, 1.82) is 0 Å². The van der Waals surface area contributed by atoms with Gasteiger partial charge in [0.1, 0.15) is 0 Å². The van der Waals surface area contributed by atoms with Gasteiger partial charge in [0.25, 0.3) is 0 Å². The van der Waals surface area contributed by atoms with Crippen LogP contribution in [0.2, 0.25) is 0 Å². The Hall–Kier alpha value is -2.62. The minimum Gasteiger partial charge on any atom is -0.493 e. The van der Waals surface area contributed by atoms with Crippen LogP contribution in [0.3, 0.4) is 0 Å². The molecule has 172 valence electrons. The Bertz CT molecular complexity index is 917. The summed E-state index contributed by atoms with van der Waals surface area (Å²) < 4.78 is 36.9. The van der Waals surface area contributed by atoms with Gasteiger partial charge in [-0.2, -0.15) is 0 Å². The third kappa shape index (κ3) is 7.23. The van der Waals surface area contributed by atoms with Gasteiger partial charge in [-0.25, -0.2) is 14.3 Å². The number of unbranched alkanes of at least 4 members (excludes halogenated alkanes) is 1. The number of hydrogen-bond donors (Lipinski definition) is 3. The summed E-state index contributed by atoms with van der Waals surface area (Å²) in [5.74, 6) is 2.06. The van der Waals surface area contributed by atoms with E-state index in [1.807, 2.05) is 30.3 Å². The molecule has 0 saturated heterocycles. The number of sulfone groups is 1. The fraction of sp³-hybridized carbons (Fsp3) is 0.409. The largest absolute Gasteiger partial charge is 0.493 e. The van der Waals surface area contributed by atoms with Crippen molar-refractivity contribution in [2.45, 2.75) is 42.8 Å². The molecule has 0 heterocycles. The van der Waals surface area contributed by atoms with E-state index in [4.69, 9.17) is 14.7 Å². The molecule has 0 amide bonds. The van der Waals surface area contributed by atoms with Crippen molar-refractivity contribution in [3.05, 3.63) is 54.1 Å². The Kier molecular flexibility index (Phi) is 11.0. The first-order valence-corrected chi connectivity index (χ1v) is 11.3.